The molecule has 2 aromatic carbocycles. The molecule has 0 aliphatic carbocycles. The summed E-state index contributed by atoms with van der Waals surface area (Å²) in [6.07, 6.45) is 1.57. The molecule has 3 heterocycles. The standard InChI is InChI=1S/C28H21ClN2O6S/c1-3-36-27(35)23-15(2)30-28-31(24(23)19-10-6-7-11-20(19)29)25(32)22(38-28)14-16-12-13-21(37-16)17-8-4-5-9-18(17)26(33)34/h4-14,24H,3H2,1-2H3,(H,33,34). The van der Waals surface area contributed by atoms with Crippen LogP contribution < -0.4 is 14.9 Å². The van der Waals surface area contributed by atoms with E-state index < -0.39 is 18.0 Å². The second kappa shape index (κ2) is 10.3. The molecule has 0 saturated carbocycles. The van der Waals surface area contributed by atoms with Crippen LogP contribution in [0.5, 0.6) is 0 Å². The second-order valence-electron chi connectivity index (χ2n) is 8.38. The van der Waals surface area contributed by atoms with E-state index in [9.17, 15) is 19.5 Å². The van der Waals surface area contributed by atoms with Gasteiger partial charge in [-0.15, -0.1) is 0 Å². The lowest BCUT2D eigenvalue weighted by molar-refractivity contribution is -0.139. The van der Waals surface area contributed by atoms with Crippen LogP contribution in [-0.2, 0) is 9.53 Å². The molecule has 0 bridgehead atoms. The van der Waals surface area contributed by atoms with Crippen molar-refractivity contribution in [1.82, 2.24) is 4.57 Å². The molecule has 8 nitrogen and oxygen atoms in total. The van der Waals surface area contributed by atoms with Crippen LogP contribution >= 0.6 is 22.9 Å². The number of carbonyl (C=O) groups excluding carboxylic acids is 1. The van der Waals surface area contributed by atoms with Gasteiger partial charge in [-0.25, -0.2) is 14.6 Å². The summed E-state index contributed by atoms with van der Waals surface area (Å²) in [6.45, 7) is 3.58. The zero-order valence-corrected chi connectivity index (χ0v) is 21.9. The molecule has 0 amide bonds. The van der Waals surface area contributed by atoms with Gasteiger partial charge in [0.2, 0.25) is 0 Å². The molecule has 1 N–H and O–H groups in total. The van der Waals surface area contributed by atoms with Crippen LogP contribution in [0.2, 0.25) is 5.02 Å². The van der Waals surface area contributed by atoms with Gasteiger partial charge in [0.15, 0.2) is 4.80 Å². The van der Waals surface area contributed by atoms with Gasteiger partial charge in [-0.05, 0) is 43.7 Å². The van der Waals surface area contributed by atoms with Crippen LogP contribution in [0, 0.1) is 0 Å². The molecule has 5 rings (SSSR count). The van der Waals surface area contributed by atoms with Crippen molar-refractivity contribution in [3.8, 4) is 11.3 Å². The first-order chi connectivity index (χ1) is 18.3. The van der Waals surface area contributed by atoms with Crippen molar-refractivity contribution in [1.29, 1.82) is 0 Å². The number of allylic oxidation sites excluding steroid dienone is 1. The lowest BCUT2D eigenvalue weighted by Crippen LogP contribution is -2.40. The average Bonchev–Trinajstić information content (AvgIpc) is 3.48. The number of thiazole rings is 1. The maximum atomic E-state index is 13.7. The molecule has 1 unspecified atom stereocenters. The first-order valence-corrected chi connectivity index (χ1v) is 12.9. The summed E-state index contributed by atoms with van der Waals surface area (Å²) in [5, 5.41) is 9.90. The number of fused-ring (bicyclic) bond motifs is 1. The third kappa shape index (κ3) is 4.51. The molecule has 2 aromatic heterocycles. The summed E-state index contributed by atoms with van der Waals surface area (Å²) in [5.74, 6) is -0.919. The average molecular weight is 549 g/mol. The SMILES string of the molecule is CCOC(=O)C1=C(C)N=c2sc(=Cc3ccc(-c4ccccc4C(=O)O)o3)c(=O)n2C1c1ccccc1Cl. The largest absolute Gasteiger partial charge is 0.478 e. The highest BCUT2D eigenvalue weighted by Crippen LogP contribution is 2.34. The lowest BCUT2D eigenvalue weighted by Gasteiger charge is -2.25. The van der Waals surface area contributed by atoms with Gasteiger partial charge >= 0.3 is 11.9 Å². The quantitative estimate of drug-likeness (QED) is 0.357. The highest BCUT2D eigenvalue weighted by Gasteiger charge is 2.34. The van der Waals surface area contributed by atoms with Gasteiger partial charge in [0.1, 0.15) is 17.6 Å². The summed E-state index contributed by atoms with van der Waals surface area (Å²) in [5.41, 5.74) is 1.40. The van der Waals surface area contributed by atoms with Crippen molar-refractivity contribution in [2.45, 2.75) is 19.9 Å². The maximum absolute atomic E-state index is 13.7. The van der Waals surface area contributed by atoms with Crippen molar-refractivity contribution in [3.63, 3.8) is 0 Å². The van der Waals surface area contributed by atoms with Crippen molar-refractivity contribution >= 4 is 41.0 Å². The first-order valence-electron chi connectivity index (χ1n) is 11.7. The Labute approximate surface area is 225 Å². The highest BCUT2D eigenvalue weighted by molar-refractivity contribution is 7.07. The third-order valence-electron chi connectivity index (χ3n) is 6.04. The summed E-state index contributed by atoms with van der Waals surface area (Å²) in [6, 6.07) is 16.0. The number of esters is 1. The minimum atomic E-state index is -1.07. The minimum Gasteiger partial charge on any atom is -0.478 e. The Morgan fingerprint density at radius 3 is 2.63 bits per heavy atom. The Morgan fingerprint density at radius 2 is 1.89 bits per heavy atom. The van der Waals surface area contributed by atoms with Crippen molar-refractivity contribution < 1.29 is 23.8 Å². The van der Waals surface area contributed by atoms with Crippen LogP contribution in [0.1, 0.15) is 41.6 Å². The Hall–Kier alpha value is -4.21. The number of furan rings is 1. The molecule has 1 aliphatic heterocycles. The van der Waals surface area contributed by atoms with Crippen LogP contribution in [0.25, 0.3) is 17.4 Å². The molecule has 1 aliphatic rings. The number of carbonyl (C=O) groups is 2. The lowest BCUT2D eigenvalue weighted by atomic mass is 9.96. The first kappa shape index (κ1) is 25.4. The molecule has 4 aromatic rings. The smallest absolute Gasteiger partial charge is 0.338 e. The number of carboxylic acid groups (broad SMARTS) is 1. The van der Waals surface area contributed by atoms with Gasteiger partial charge in [-0.3, -0.25) is 9.36 Å². The van der Waals surface area contributed by atoms with Gasteiger partial charge in [0, 0.05) is 16.7 Å². The van der Waals surface area contributed by atoms with Gasteiger partial charge in [0.25, 0.3) is 5.56 Å². The molecule has 0 fully saturated rings. The molecule has 1 atom stereocenters. The van der Waals surface area contributed by atoms with Crippen molar-refractivity contribution in [2.75, 3.05) is 6.61 Å². The number of ether oxygens (including phenoxy) is 1. The summed E-state index contributed by atoms with van der Waals surface area (Å²) < 4.78 is 13.0. The second-order valence-corrected chi connectivity index (χ2v) is 9.79. The Kier molecular flexibility index (Phi) is 6.88. The molecule has 0 saturated heterocycles. The summed E-state index contributed by atoms with van der Waals surface area (Å²) in [4.78, 5) is 43.2. The van der Waals surface area contributed by atoms with Gasteiger partial charge in [-0.2, -0.15) is 0 Å². The fourth-order valence-electron chi connectivity index (χ4n) is 4.37. The molecular formula is C28H21ClN2O6S. The van der Waals surface area contributed by atoms with Crippen molar-refractivity contribution in [3.05, 3.63) is 114 Å². The van der Waals surface area contributed by atoms with Crippen LogP contribution in [0.3, 0.4) is 0 Å². The summed E-state index contributed by atoms with van der Waals surface area (Å²) in [7, 11) is 0. The molecule has 0 spiro atoms. The van der Waals surface area contributed by atoms with Gasteiger partial charge < -0.3 is 14.3 Å². The normalized spacial score (nSPS) is 15.2. The van der Waals surface area contributed by atoms with E-state index in [-0.39, 0.29) is 23.3 Å². The topological polar surface area (TPSA) is 111 Å². The van der Waals surface area contributed by atoms with E-state index >= 15 is 0 Å². The fraction of sp³-hybridized carbons (Fsp3) is 0.143. The van der Waals surface area contributed by atoms with E-state index in [2.05, 4.69) is 4.99 Å². The number of hydrogen-bond acceptors (Lipinski definition) is 7. The highest BCUT2D eigenvalue weighted by atomic mass is 35.5. The fourth-order valence-corrected chi connectivity index (χ4v) is 5.64. The number of halogens is 1. The Bertz CT molecular complexity index is 1800. The minimum absolute atomic E-state index is 0.106. The molecule has 10 heteroatoms. The summed E-state index contributed by atoms with van der Waals surface area (Å²) >= 11 is 7.67. The van der Waals surface area contributed by atoms with Gasteiger partial charge in [-0.1, -0.05) is 59.3 Å². The van der Waals surface area contributed by atoms with E-state index in [0.29, 0.717) is 42.7 Å². The Balaban J connectivity index is 1.65. The van der Waals surface area contributed by atoms with E-state index in [1.165, 1.54) is 10.6 Å². The number of nitrogens with zero attached hydrogens (tertiary/aromatic N) is 2. The number of aromatic nitrogens is 1. The van der Waals surface area contributed by atoms with Gasteiger partial charge in [0.05, 0.1) is 28.0 Å². The van der Waals surface area contributed by atoms with E-state index in [4.69, 9.17) is 20.8 Å². The van der Waals surface area contributed by atoms with Crippen LogP contribution in [0.4, 0.5) is 0 Å². The monoisotopic (exact) mass is 548 g/mol. The van der Waals surface area contributed by atoms with E-state index in [0.717, 1.165) is 11.3 Å². The van der Waals surface area contributed by atoms with E-state index in [1.807, 2.05) is 0 Å². The van der Waals surface area contributed by atoms with Crippen LogP contribution in [-0.4, -0.2) is 28.2 Å². The zero-order valence-electron chi connectivity index (χ0n) is 20.3. The number of carboxylic acids is 1. The predicted octanol–water partition coefficient (Wildman–Crippen LogP) is 4.41. The van der Waals surface area contributed by atoms with E-state index in [1.54, 1.807) is 74.5 Å². The number of aromatic carboxylic acids is 1. The van der Waals surface area contributed by atoms with Crippen molar-refractivity contribution in [2.24, 2.45) is 4.99 Å². The van der Waals surface area contributed by atoms with Crippen LogP contribution in [0.15, 0.2) is 86.1 Å². The molecular weight excluding hydrogens is 528 g/mol. The maximum Gasteiger partial charge on any atom is 0.338 e. The molecule has 0 radical (unpaired) electrons. The number of hydrogen-bond donors (Lipinski definition) is 1. The third-order valence-corrected chi connectivity index (χ3v) is 7.37. The molecule has 38 heavy (non-hydrogen) atoms. The number of benzene rings is 2. The predicted molar refractivity (Wildman–Crippen MR) is 143 cm³/mol. The number of rotatable bonds is 6. The molecule has 192 valence electrons. The zero-order chi connectivity index (χ0) is 27.0. The Morgan fingerprint density at radius 1 is 1.16 bits per heavy atom.